The molecule has 176 valence electrons. The van der Waals surface area contributed by atoms with Crippen molar-refractivity contribution in [1.29, 1.82) is 0 Å². The Balaban J connectivity index is 1.72. The zero-order valence-electron chi connectivity index (χ0n) is 19.7. The van der Waals surface area contributed by atoms with E-state index in [2.05, 4.69) is 0 Å². The molecule has 0 saturated carbocycles. The molecule has 0 aromatic heterocycles. The molecule has 0 spiro atoms. The van der Waals surface area contributed by atoms with E-state index >= 15 is 0 Å². The van der Waals surface area contributed by atoms with Gasteiger partial charge in [-0.25, -0.2) is 0 Å². The van der Waals surface area contributed by atoms with E-state index in [1.165, 1.54) is 6.08 Å². The Kier molecular flexibility index (Phi) is 6.25. The number of hydrogen-bond acceptors (Lipinski definition) is 4. The maximum absolute atomic E-state index is 12.5. The number of hydrogen-bond donors (Lipinski definition) is 2. The van der Waals surface area contributed by atoms with Crippen LogP contribution < -0.4 is 4.74 Å². The van der Waals surface area contributed by atoms with Crippen molar-refractivity contribution >= 4 is 22.5 Å². The second-order valence-electron chi connectivity index (χ2n) is 8.52. The Labute approximate surface area is 209 Å². The summed E-state index contributed by atoms with van der Waals surface area (Å²) in [4.78, 5) is 12.5. The number of fused-ring (bicyclic) bond motifs is 1. The zero-order chi connectivity index (χ0) is 25.1. The fraction of sp³-hybridized carbons (Fsp3) is 0.0312. The largest absolute Gasteiger partial charge is 0.507 e. The molecular formula is C32H24O4. The lowest BCUT2D eigenvalue weighted by molar-refractivity contribution is -0.111. The molecule has 5 rings (SSSR count). The molecule has 1 aliphatic heterocycles. The Bertz CT molecular complexity index is 1540. The van der Waals surface area contributed by atoms with Crippen LogP contribution in [-0.4, -0.2) is 16.0 Å². The van der Waals surface area contributed by atoms with Crippen molar-refractivity contribution in [1.82, 2.24) is 0 Å². The fourth-order valence-electron chi connectivity index (χ4n) is 4.28. The highest BCUT2D eigenvalue weighted by Gasteiger charge is 2.21. The molecule has 0 atom stereocenters. The van der Waals surface area contributed by atoms with Crippen LogP contribution in [0.3, 0.4) is 0 Å². The molecule has 0 unspecified atom stereocenters. The monoisotopic (exact) mass is 472 g/mol. The van der Waals surface area contributed by atoms with Crippen molar-refractivity contribution in [3.8, 4) is 17.2 Å². The van der Waals surface area contributed by atoms with Gasteiger partial charge in [-0.05, 0) is 66.1 Å². The number of ketones is 1. The van der Waals surface area contributed by atoms with Gasteiger partial charge in [0, 0.05) is 16.7 Å². The molecule has 1 heterocycles. The molecule has 4 nitrogen and oxygen atoms in total. The van der Waals surface area contributed by atoms with Gasteiger partial charge < -0.3 is 14.9 Å². The van der Waals surface area contributed by atoms with Crippen LogP contribution in [0, 0.1) is 0 Å². The van der Waals surface area contributed by atoms with Crippen LogP contribution in [0.5, 0.6) is 17.2 Å². The molecule has 3 aromatic rings. The second kappa shape index (κ2) is 9.80. The standard InChI is InChI=1S/C32H24O4/c1-21(24-10-2-6-14-28(24)33)18-22(25-11-3-7-15-29(25)34)19-23-20-32(27-13-4-8-16-30(27)35)36-31-17-9-5-12-26(23)31/h2-20,33-34H,1H3/b21-18+,22-19+,32-27-. The van der Waals surface area contributed by atoms with Crippen LogP contribution in [-0.2, 0) is 4.79 Å². The second-order valence-corrected chi connectivity index (χ2v) is 8.52. The number of phenols is 2. The van der Waals surface area contributed by atoms with Gasteiger partial charge in [0.2, 0.25) is 0 Å². The quantitative estimate of drug-likeness (QED) is 0.317. The maximum Gasteiger partial charge on any atom is 0.189 e. The molecule has 4 heteroatoms. The topological polar surface area (TPSA) is 66.8 Å². The summed E-state index contributed by atoms with van der Waals surface area (Å²) in [6.07, 6.45) is 12.5. The summed E-state index contributed by atoms with van der Waals surface area (Å²) in [6.45, 7) is 1.92. The van der Waals surface area contributed by atoms with Gasteiger partial charge in [0.1, 0.15) is 23.0 Å². The van der Waals surface area contributed by atoms with Crippen molar-refractivity contribution in [2.75, 3.05) is 0 Å². The Morgan fingerprint density at radius 3 is 2.17 bits per heavy atom. The van der Waals surface area contributed by atoms with E-state index in [9.17, 15) is 15.0 Å². The minimum atomic E-state index is -0.123. The summed E-state index contributed by atoms with van der Waals surface area (Å²) in [6, 6.07) is 21.9. The SMILES string of the molecule is C/C(=C\C(=C/C1=CC(=C2\C=CC=CC2=O)/Oc2ccccc21)c1ccccc1O)c1ccccc1O. The van der Waals surface area contributed by atoms with Gasteiger partial charge in [-0.3, -0.25) is 4.79 Å². The van der Waals surface area contributed by atoms with Crippen LogP contribution >= 0.6 is 0 Å². The van der Waals surface area contributed by atoms with Crippen LogP contribution in [0.15, 0.2) is 127 Å². The summed E-state index contributed by atoms with van der Waals surface area (Å²) in [5.74, 6) is 1.30. The Morgan fingerprint density at radius 1 is 0.806 bits per heavy atom. The van der Waals surface area contributed by atoms with E-state index in [4.69, 9.17) is 4.74 Å². The molecule has 0 amide bonds. The molecule has 0 radical (unpaired) electrons. The summed E-state index contributed by atoms with van der Waals surface area (Å²) in [7, 11) is 0. The third-order valence-electron chi connectivity index (χ3n) is 6.08. The molecule has 2 N–H and O–H groups in total. The van der Waals surface area contributed by atoms with Crippen LogP contribution in [0.25, 0.3) is 16.7 Å². The highest BCUT2D eigenvalue weighted by molar-refractivity contribution is 6.08. The minimum absolute atomic E-state index is 0.123. The van der Waals surface area contributed by atoms with Crippen molar-refractivity contribution in [3.63, 3.8) is 0 Å². The predicted molar refractivity (Wildman–Crippen MR) is 143 cm³/mol. The first kappa shape index (κ1) is 22.9. The number of allylic oxidation sites excluding steroid dienone is 11. The minimum Gasteiger partial charge on any atom is -0.507 e. The first-order valence-electron chi connectivity index (χ1n) is 11.6. The smallest absolute Gasteiger partial charge is 0.189 e. The molecule has 3 aromatic carbocycles. The van der Waals surface area contributed by atoms with Crippen molar-refractivity contribution in [3.05, 3.63) is 143 Å². The highest BCUT2D eigenvalue weighted by Crippen LogP contribution is 2.39. The summed E-state index contributed by atoms with van der Waals surface area (Å²) >= 11 is 0. The molecular weight excluding hydrogens is 448 g/mol. The van der Waals surface area contributed by atoms with Gasteiger partial charge >= 0.3 is 0 Å². The third kappa shape index (κ3) is 4.57. The normalized spacial score (nSPS) is 17.5. The van der Waals surface area contributed by atoms with Crippen molar-refractivity contribution < 1.29 is 19.7 Å². The summed E-state index contributed by atoms with van der Waals surface area (Å²) < 4.78 is 6.12. The lowest BCUT2D eigenvalue weighted by Gasteiger charge is -2.21. The molecule has 1 aliphatic carbocycles. The van der Waals surface area contributed by atoms with Crippen molar-refractivity contribution in [2.45, 2.75) is 6.92 Å². The van der Waals surface area contributed by atoms with Gasteiger partial charge in [0.25, 0.3) is 0 Å². The zero-order valence-corrected chi connectivity index (χ0v) is 19.7. The molecule has 36 heavy (non-hydrogen) atoms. The predicted octanol–water partition coefficient (Wildman–Crippen LogP) is 7.01. The fourth-order valence-corrected chi connectivity index (χ4v) is 4.28. The average molecular weight is 473 g/mol. The average Bonchev–Trinajstić information content (AvgIpc) is 2.89. The number of para-hydroxylation sites is 3. The Hall–Kier alpha value is -4.83. The molecule has 0 fully saturated rings. The van der Waals surface area contributed by atoms with E-state index in [1.54, 1.807) is 36.4 Å². The number of carbonyl (C=O) groups excluding carboxylic acids is 1. The van der Waals surface area contributed by atoms with E-state index < -0.39 is 0 Å². The molecule has 2 aliphatic rings. The van der Waals surface area contributed by atoms with E-state index in [0.717, 1.165) is 22.3 Å². The van der Waals surface area contributed by atoms with Crippen molar-refractivity contribution in [2.24, 2.45) is 0 Å². The number of ether oxygens (including phenoxy) is 1. The highest BCUT2D eigenvalue weighted by atomic mass is 16.5. The van der Waals surface area contributed by atoms with Gasteiger partial charge in [0.15, 0.2) is 5.78 Å². The Morgan fingerprint density at radius 2 is 1.44 bits per heavy atom. The number of aromatic hydroxyl groups is 2. The first-order chi connectivity index (χ1) is 17.5. The van der Waals surface area contributed by atoms with Crippen LogP contribution in [0.2, 0.25) is 0 Å². The van der Waals surface area contributed by atoms with Gasteiger partial charge in [0.05, 0.1) is 5.57 Å². The van der Waals surface area contributed by atoms with Crippen LogP contribution in [0.1, 0.15) is 23.6 Å². The summed E-state index contributed by atoms with van der Waals surface area (Å²) in [5.41, 5.74) is 5.09. The summed E-state index contributed by atoms with van der Waals surface area (Å²) in [5, 5.41) is 21.1. The lowest BCUT2D eigenvalue weighted by atomic mass is 9.92. The molecule has 0 saturated heterocycles. The van der Waals surface area contributed by atoms with Gasteiger partial charge in [-0.2, -0.15) is 0 Å². The number of rotatable bonds is 4. The number of phenolic OH excluding ortho intramolecular Hbond substituents is 2. The first-order valence-corrected chi connectivity index (χ1v) is 11.6. The van der Waals surface area contributed by atoms with Crippen LogP contribution in [0.4, 0.5) is 0 Å². The third-order valence-corrected chi connectivity index (χ3v) is 6.08. The lowest BCUT2D eigenvalue weighted by Crippen LogP contribution is -2.10. The molecule has 0 bridgehead atoms. The van der Waals surface area contributed by atoms with E-state index in [-0.39, 0.29) is 17.3 Å². The van der Waals surface area contributed by atoms with E-state index in [0.29, 0.717) is 28.2 Å². The maximum atomic E-state index is 12.5. The van der Waals surface area contributed by atoms with Gasteiger partial charge in [-0.15, -0.1) is 0 Å². The van der Waals surface area contributed by atoms with Gasteiger partial charge in [-0.1, -0.05) is 72.8 Å². The number of carbonyl (C=O) groups is 1. The van der Waals surface area contributed by atoms with E-state index in [1.807, 2.05) is 79.8 Å². The number of benzene rings is 3.